The fourth-order valence-corrected chi connectivity index (χ4v) is 1.65. The lowest BCUT2D eigenvalue weighted by molar-refractivity contribution is -0.128. The first-order chi connectivity index (χ1) is 5.66. The average molecular weight is 182 g/mol. The summed E-state index contributed by atoms with van der Waals surface area (Å²) in [6.07, 6.45) is 0. The monoisotopic (exact) mass is 182 g/mol. The Labute approximate surface area is 80.0 Å². The Hall–Kier alpha value is -0.790. The van der Waals surface area contributed by atoms with Crippen LogP contribution in [0.2, 0.25) is 0 Å². The number of hydrogen-bond donors (Lipinski definition) is 0. The predicted octanol–water partition coefficient (Wildman–Crippen LogP) is 2.68. The molecule has 0 fully saturated rings. The Morgan fingerprint density at radius 3 is 1.85 bits per heavy atom. The second-order valence-corrected chi connectivity index (χ2v) is 5.15. The van der Waals surface area contributed by atoms with Crippen molar-refractivity contribution in [3.63, 3.8) is 0 Å². The zero-order valence-electron chi connectivity index (χ0n) is 9.32. The van der Waals surface area contributed by atoms with Gasteiger partial charge in [0.15, 0.2) is 5.60 Å². The van der Waals surface area contributed by atoms with Crippen LogP contribution in [0, 0.1) is 5.41 Å². The summed E-state index contributed by atoms with van der Waals surface area (Å²) >= 11 is 0. The third-order valence-electron chi connectivity index (χ3n) is 2.27. The maximum atomic E-state index is 11.7. The van der Waals surface area contributed by atoms with Gasteiger partial charge in [0.1, 0.15) is 5.76 Å². The minimum absolute atomic E-state index is 0.0759. The largest absolute Gasteiger partial charge is 0.483 e. The average Bonchev–Trinajstić information content (AvgIpc) is 2.12. The van der Waals surface area contributed by atoms with Gasteiger partial charge in [-0.05, 0) is 20.8 Å². The topological polar surface area (TPSA) is 26.3 Å². The van der Waals surface area contributed by atoms with E-state index < -0.39 is 5.60 Å². The number of ether oxygens (including phenoxy) is 1. The highest BCUT2D eigenvalue weighted by Gasteiger charge is 2.42. The molecule has 0 aromatic heterocycles. The van der Waals surface area contributed by atoms with E-state index in [2.05, 4.69) is 20.8 Å². The van der Waals surface area contributed by atoms with Gasteiger partial charge in [-0.1, -0.05) is 20.8 Å². The van der Waals surface area contributed by atoms with E-state index in [9.17, 15) is 4.79 Å². The standard InChI is InChI=1S/C11H18O2/c1-7-8(12)11(5,6)13-9(7)10(2,3)4/h1-6H3. The quantitative estimate of drug-likeness (QED) is 0.575. The SMILES string of the molecule is CC1=C(C(C)(C)C)OC(C)(C)C1=O. The normalized spacial score (nSPS) is 22.2. The highest BCUT2D eigenvalue weighted by Crippen LogP contribution is 2.39. The van der Waals surface area contributed by atoms with E-state index in [4.69, 9.17) is 4.74 Å². The van der Waals surface area contributed by atoms with Crippen LogP contribution in [0.15, 0.2) is 11.3 Å². The summed E-state index contributed by atoms with van der Waals surface area (Å²) in [6.45, 7) is 11.6. The van der Waals surface area contributed by atoms with Crippen molar-refractivity contribution in [2.24, 2.45) is 5.41 Å². The summed E-state index contributed by atoms with van der Waals surface area (Å²) in [7, 11) is 0. The van der Waals surface area contributed by atoms with E-state index >= 15 is 0 Å². The van der Waals surface area contributed by atoms with Gasteiger partial charge in [-0.15, -0.1) is 0 Å². The summed E-state index contributed by atoms with van der Waals surface area (Å²) in [5.41, 5.74) is 0.0396. The minimum atomic E-state index is -0.660. The van der Waals surface area contributed by atoms with Gasteiger partial charge in [0, 0.05) is 11.0 Å². The summed E-state index contributed by atoms with van der Waals surface area (Å²) in [5.74, 6) is 0.944. The van der Waals surface area contributed by atoms with Gasteiger partial charge in [-0.3, -0.25) is 4.79 Å². The molecule has 0 atom stereocenters. The van der Waals surface area contributed by atoms with Crippen LogP contribution in [0.5, 0.6) is 0 Å². The van der Waals surface area contributed by atoms with Crippen LogP contribution in [0.4, 0.5) is 0 Å². The zero-order chi connectivity index (χ0) is 10.4. The van der Waals surface area contributed by atoms with E-state index in [0.717, 1.165) is 11.3 Å². The molecule has 1 aliphatic heterocycles. The summed E-state index contributed by atoms with van der Waals surface area (Å²) < 4.78 is 5.67. The molecule has 13 heavy (non-hydrogen) atoms. The smallest absolute Gasteiger partial charge is 0.204 e. The molecule has 0 saturated carbocycles. The number of carbonyl (C=O) groups is 1. The van der Waals surface area contributed by atoms with Crippen molar-refractivity contribution >= 4 is 5.78 Å². The van der Waals surface area contributed by atoms with Crippen LogP contribution in [0.25, 0.3) is 0 Å². The van der Waals surface area contributed by atoms with Crippen LogP contribution in [-0.4, -0.2) is 11.4 Å². The third-order valence-corrected chi connectivity index (χ3v) is 2.27. The number of hydrogen-bond acceptors (Lipinski definition) is 2. The highest BCUT2D eigenvalue weighted by molar-refractivity contribution is 6.03. The molecule has 1 rings (SSSR count). The van der Waals surface area contributed by atoms with Crippen molar-refractivity contribution < 1.29 is 9.53 Å². The lowest BCUT2D eigenvalue weighted by Gasteiger charge is -2.25. The summed E-state index contributed by atoms with van der Waals surface area (Å²) in [6, 6.07) is 0. The molecule has 0 spiro atoms. The van der Waals surface area contributed by atoms with Gasteiger partial charge in [0.25, 0.3) is 0 Å². The Kier molecular flexibility index (Phi) is 2.06. The van der Waals surface area contributed by atoms with Gasteiger partial charge in [-0.25, -0.2) is 0 Å². The molecule has 0 unspecified atom stereocenters. The molecule has 0 aromatic rings. The first kappa shape index (κ1) is 10.3. The lowest BCUT2D eigenvalue weighted by atomic mass is 9.90. The van der Waals surface area contributed by atoms with Crippen molar-refractivity contribution in [2.45, 2.75) is 47.1 Å². The maximum absolute atomic E-state index is 11.7. The van der Waals surface area contributed by atoms with Crippen molar-refractivity contribution in [1.29, 1.82) is 0 Å². The number of carbonyl (C=O) groups excluding carboxylic acids is 1. The van der Waals surface area contributed by atoms with Gasteiger partial charge in [-0.2, -0.15) is 0 Å². The van der Waals surface area contributed by atoms with Gasteiger partial charge >= 0.3 is 0 Å². The van der Waals surface area contributed by atoms with Crippen LogP contribution < -0.4 is 0 Å². The molecule has 0 radical (unpaired) electrons. The molecule has 0 saturated heterocycles. The molecule has 0 aliphatic carbocycles. The Morgan fingerprint density at radius 2 is 1.69 bits per heavy atom. The van der Waals surface area contributed by atoms with Gasteiger partial charge < -0.3 is 4.74 Å². The van der Waals surface area contributed by atoms with Crippen LogP contribution in [-0.2, 0) is 9.53 Å². The van der Waals surface area contributed by atoms with Crippen LogP contribution >= 0.6 is 0 Å². The van der Waals surface area contributed by atoms with E-state index in [-0.39, 0.29) is 11.2 Å². The van der Waals surface area contributed by atoms with Crippen molar-refractivity contribution in [3.05, 3.63) is 11.3 Å². The Bertz CT molecular complexity index is 277. The molecule has 2 nitrogen and oxygen atoms in total. The first-order valence-corrected chi connectivity index (χ1v) is 4.61. The molecular formula is C11H18O2. The lowest BCUT2D eigenvalue weighted by Crippen LogP contribution is -2.29. The van der Waals surface area contributed by atoms with Crippen LogP contribution in [0.1, 0.15) is 41.5 Å². The van der Waals surface area contributed by atoms with Gasteiger partial charge in [0.2, 0.25) is 5.78 Å². The number of allylic oxidation sites excluding steroid dienone is 1. The molecule has 0 amide bonds. The third kappa shape index (κ3) is 1.62. The molecule has 0 N–H and O–H groups in total. The number of ketones is 1. The van der Waals surface area contributed by atoms with Crippen molar-refractivity contribution in [1.82, 2.24) is 0 Å². The molecule has 74 valence electrons. The van der Waals surface area contributed by atoms with Crippen molar-refractivity contribution in [3.8, 4) is 0 Å². The zero-order valence-corrected chi connectivity index (χ0v) is 9.32. The summed E-state index contributed by atoms with van der Waals surface area (Å²) in [5, 5.41) is 0. The first-order valence-electron chi connectivity index (χ1n) is 4.61. The maximum Gasteiger partial charge on any atom is 0.204 e. The highest BCUT2D eigenvalue weighted by atomic mass is 16.5. The van der Waals surface area contributed by atoms with Crippen LogP contribution in [0.3, 0.4) is 0 Å². The Morgan fingerprint density at radius 1 is 1.23 bits per heavy atom. The summed E-state index contributed by atoms with van der Waals surface area (Å²) in [4.78, 5) is 11.7. The molecule has 1 heterocycles. The van der Waals surface area contributed by atoms with Crippen molar-refractivity contribution in [2.75, 3.05) is 0 Å². The molecule has 0 bridgehead atoms. The van der Waals surface area contributed by atoms with E-state index in [0.29, 0.717) is 0 Å². The number of Topliss-reactive ketones (excluding diaryl/α,β-unsaturated/α-hetero) is 1. The van der Waals surface area contributed by atoms with Gasteiger partial charge in [0.05, 0.1) is 0 Å². The minimum Gasteiger partial charge on any atom is -0.483 e. The molecular weight excluding hydrogens is 164 g/mol. The van der Waals surface area contributed by atoms with E-state index in [1.807, 2.05) is 20.8 Å². The fraction of sp³-hybridized carbons (Fsp3) is 0.727. The second kappa shape index (κ2) is 2.60. The predicted molar refractivity (Wildman–Crippen MR) is 52.3 cm³/mol. The Balaban J connectivity index is 3.10. The fourth-order valence-electron chi connectivity index (χ4n) is 1.65. The molecule has 1 aliphatic rings. The molecule has 0 aromatic carbocycles. The number of rotatable bonds is 0. The van der Waals surface area contributed by atoms with E-state index in [1.165, 1.54) is 0 Å². The van der Waals surface area contributed by atoms with E-state index in [1.54, 1.807) is 0 Å². The molecule has 2 heteroatoms. The second-order valence-electron chi connectivity index (χ2n) is 5.15.